The highest BCUT2D eigenvalue weighted by atomic mass is 32.2. The number of nitrogens with zero attached hydrogens (tertiary/aromatic N) is 3. The number of benzene rings is 2. The summed E-state index contributed by atoms with van der Waals surface area (Å²) in [7, 11) is 1.39. The van der Waals surface area contributed by atoms with Gasteiger partial charge in [-0.05, 0) is 24.3 Å². The van der Waals surface area contributed by atoms with Crippen LogP contribution in [-0.2, 0) is 4.79 Å². The van der Waals surface area contributed by atoms with E-state index in [0.29, 0.717) is 11.3 Å². The lowest BCUT2D eigenvalue weighted by Crippen LogP contribution is -2.15. The average molecular weight is 402 g/mol. The number of thioether (sulfide) groups is 1. The fourth-order valence-electron chi connectivity index (χ4n) is 2.24. The van der Waals surface area contributed by atoms with E-state index in [4.69, 9.17) is 9.15 Å². The van der Waals surface area contributed by atoms with Crippen LogP contribution in [-0.4, -0.2) is 39.0 Å². The highest BCUT2D eigenvalue weighted by molar-refractivity contribution is 7.99. The van der Waals surface area contributed by atoms with Crippen molar-refractivity contribution in [2.24, 2.45) is 0 Å². The molecular weight excluding hydrogens is 388 g/mol. The number of nitrogens with one attached hydrogen (secondary N) is 1. The summed E-state index contributed by atoms with van der Waals surface area (Å²) in [4.78, 5) is 22.7. The molecule has 3 aromatic rings. The maximum atomic E-state index is 12.1. The monoisotopic (exact) mass is 402 g/mol. The molecule has 0 unspecified atom stereocenters. The molecule has 0 saturated heterocycles. The van der Waals surface area contributed by atoms with Crippen molar-refractivity contribution in [3.8, 4) is 23.0 Å². The van der Waals surface area contributed by atoms with E-state index < -0.39 is 10.8 Å². The number of hydrogen-bond acceptors (Lipinski definition) is 9. The number of nitro groups is 1. The first-order valence-electron chi connectivity index (χ1n) is 7.85. The van der Waals surface area contributed by atoms with Crippen LogP contribution in [0.4, 0.5) is 11.4 Å². The normalized spacial score (nSPS) is 10.5. The summed E-state index contributed by atoms with van der Waals surface area (Å²) in [6.07, 6.45) is 0. The van der Waals surface area contributed by atoms with Gasteiger partial charge in [-0.2, -0.15) is 0 Å². The maximum Gasteiger partial charge on any atom is 0.296 e. The Bertz CT molecular complexity index is 1020. The first kappa shape index (κ1) is 19.2. The Morgan fingerprint density at radius 1 is 1.32 bits per heavy atom. The van der Waals surface area contributed by atoms with E-state index in [9.17, 15) is 20.0 Å². The second kappa shape index (κ2) is 8.39. The Morgan fingerprint density at radius 2 is 2.11 bits per heavy atom. The lowest BCUT2D eigenvalue weighted by Gasteiger charge is -2.06. The predicted octanol–water partition coefficient (Wildman–Crippen LogP) is 3.09. The van der Waals surface area contributed by atoms with Gasteiger partial charge in [-0.15, -0.1) is 10.2 Å². The molecule has 144 valence electrons. The third kappa shape index (κ3) is 4.38. The number of ether oxygens (including phenoxy) is 1. The van der Waals surface area contributed by atoms with Gasteiger partial charge in [0, 0.05) is 0 Å². The Hall–Kier alpha value is -3.60. The molecule has 1 heterocycles. The van der Waals surface area contributed by atoms with Crippen molar-refractivity contribution in [2.45, 2.75) is 5.22 Å². The summed E-state index contributed by atoms with van der Waals surface area (Å²) in [5.41, 5.74) is 0.148. The number of hydrogen-bond donors (Lipinski definition) is 2. The number of anilines is 1. The van der Waals surface area contributed by atoms with E-state index in [1.54, 1.807) is 18.2 Å². The number of methoxy groups -OCH3 is 1. The van der Waals surface area contributed by atoms with Gasteiger partial charge < -0.3 is 19.6 Å². The molecule has 3 rings (SSSR count). The summed E-state index contributed by atoms with van der Waals surface area (Å²) in [6.45, 7) is 0. The number of nitro benzene ring substituents is 1. The number of phenols is 1. The SMILES string of the molecule is COc1ccc(NC(=O)CSc2nnc(-c3ccccc3O)o2)c([N+](=O)[O-])c1. The first-order valence-corrected chi connectivity index (χ1v) is 8.83. The van der Waals surface area contributed by atoms with E-state index in [1.807, 2.05) is 0 Å². The van der Waals surface area contributed by atoms with Crippen LogP contribution in [0.1, 0.15) is 0 Å². The Kier molecular flexibility index (Phi) is 5.75. The molecular formula is C17H14N4O6S. The number of aromatic hydroxyl groups is 1. The summed E-state index contributed by atoms with van der Waals surface area (Å²) in [5.74, 6) is -0.174. The van der Waals surface area contributed by atoms with Crippen molar-refractivity contribution >= 4 is 29.0 Å². The maximum absolute atomic E-state index is 12.1. The van der Waals surface area contributed by atoms with Crippen molar-refractivity contribution in [2.75, 3.05) is 18.2 Å². The Labute approximate surface area is 162 Å². The molecule has 28 heavy (non-hydrogen) atoms. The molecule has 11 heteroatoms. The Balaban J connectivity index is 1.64. The third-order valence-electron chi connectivity index (χ3n) is 3.54. The van der Waals surface area contributed by atoms with Crippen LogP contribution in [0.2, 0.25) is 0 Å². The largest absolute Gasteiger partial charge is 0.507 e. The zero-order valence-electron chi connectivity index (χ0n) is 14.5. The number of rotatable bonds is 7. The van der Waals surface area contributed by atoms with Gasteiger partial charge in [-0.25, -0.2) is 0 Å². The fraction of sp³-hybridized carbons (Fsp3) is 0.118. The molecule has 0 spiro atoms. The van der Waals surface area contributed by atoms with Gasteiger partial charge in [0.2, 0.25) is 5.91 Å². The highest BCUT2D eigenvalue weighted by Crippen LogP contribution is 2.31. The molecule has 0 aliphatic rings. The smallest absolute Gasteiger partial charge is 0.296 e. The van der Waals surface area contributed by atoms with Crippen molar-refractivity contribution < 1.29 is 24.0 Å². The number of phenolic OH excluding ortho intramolecular Hbond substituents is 1. The molecule has 0 aliphatic heterocycles. The topological polar surface area (TPSA) is 141 Å². The first-order chi connectivity index (χ1) is 13.5. The van der Waals surface area contributed by atoms with Gasteiger partial charge >= 0.3 is 0 Å². The van der Waals surface area contributed by atoms with Gasteiger partial charge in [0.15, 0.2) is 0 Å². The van der Waals surface area contributed by atoms with Gasteiger partial charge in [0.1, 0.15) is 17.2 Å². The van der Waals surface area contributed by atoms with Crippen molar-refractivity contribution in [3.63, 3.8) is 0 Å². The number of aromatic nitrogens is 2. The average Bonchev–Trinajstić information content (AvgIpc) is 3.15. The van der Waals surface area contributed by atoms with E-state index >= 15 is 0 Å². The van der Waals surface area contributed by atoms with Gasteiger partial charge in [-0.1, -0.05) is 23.9 Å². The van der Waals surface area contributed by atoms with Gasteiger partial charge in [-0.3, -0.25) is 14.9 Å². The predicted molar refractivity (Wildman–Crippen MR) is 100 cm³/mol. The van der Waals surface area contributed by atoms with Crippen LogP contribution < -0.4 is 10.1 Å². The van der Waals surface area contributed by atoms with Crippen LogP contribution in [0.3, 0.4) is 0 Å². The molecule has 10 nitrogen and oxygen atoms in total. The summed E-state index contributed by atoms with van der Waals surface area (Å²) >= 11 is 0.963. The third-order valence-corrected chi connectivity index (χ3v) is 4.36. The lowest BCUT2D eigenvalue weighted by atomic mass is 10.2. The van der Waals surface area contributed by atoms with Crippen molar-refractivity contribution in [1.82, 2.24) is 10.2 Å². The van der Waals surface area contributed by atoms with E-state index in [2.05, 4.69) is 15.5 Å². The molecule has 2 aromatic carbocycles. The van der Waals surface area contributed by atoms with Gasteiger partial charge in [0.05, 0.1) is 29.4 Å². The molecule has 0 fully saturated rings. The summed E-state index contributed by atoms with van der Waals surface area (Å²) < 4.78 is 10.4. The number of para-hydroxylation sites is 1. The molecule has 1 aromatic heterocycles. The molecule has 0 radical (unpaired) electrons. The minimum atomic E-state index is -0.609. The fourth-order valence-corrected chi connectivity index (χ4v) is 2.80. The molecule has 0 atom stereocenters. The quantitative estimate of drug-likeness (QED) is 0.346. The highest BCUT2D eigenvalue weighted by Gasteiger charge is 2.18. The minimum Gasteiger partial charge on any atom is -0.507 e. The second-order valence-corrected chi connectivity index (χ2v) is 6.29. The van der Waals surface area contributed by atoms with Crippen LogP contribution in [0, 0.1) is 10.1 Å². The molecule has 2 N–H and O–H groups in total. The second-order valence-electron chi connectivity index (χ2n) is 5.37. The van der Waals surface area contributed by atoms with E-state index in [-0.39, 0.29) is 34.0 Å². The van der Waals surface area contributed by atoms with E-state index in [1.165, 1.54) is 31.4 Å². The zero-order valence-corrected chi connectivity index (χ0v) is 15.3. The van der Waals surface area contributed by atoms with Crippen LogP contribution in [0.25, 0.3) is 11.5 Å². The van der Waals surface area contributed by atoms with E-state index in [0.717, 1.165) is 11.8 Å². The lowest BCUT2D eigenvalue weighted by molar-refractivity contribution is -0.384. The molecule has 0 aliphatic carbocycles. The van der Waals surface area contributed by atoms with Gasteiger partial charge in [0.25, 0.3) is 16.8 Å². The Morgan fingerprint density at radius 3 is 2.82 bits per heavy atom. The zero-order chi connectivity index (χ0) is 20.1. The standard InChI is InChI=1S/C17H14N4O6S/c1-26-10-6-7-12(13(8-10)21(24)25)18-15(23)9-28-17-20-19-16(27-17)11-4-2-3-5-14(11)22/h2-8,22H,9H2,1H3,(H,18,23). The minimum absolute atomic E-state index is 0.00717. The number of carbonyl (C=O) groups excluding carboxylic acids is 1. The summed E-state index contributed by atoms with van der Waals surface area (Å²) in [6, 6.07) is 10.6. The van der Waals surface area contributed by atoms with Crippen molar-refractivity contribution in [1.29, 1.82) is 0 Å². The number of carbonyl (C=O) groups is 1. The summed E-state index contributed by atoms with van der Waals surface area (Å²) in [5, 5.41) is 31.2. The molecule has 0 bridgehead atoms. The molecule has 1 amide bonds. The van der Waals surface area contributed by atoms with Crippen LogP contribution in [0.5, 0.6) is 11.5 Å². The van der Waals surface area contributed by atoms with Crippen molar-refractivity contribution in [3.05, 3.63) is 52.6 Å². The number of amides is 1. The van der Waals surface area contributed by atoms with Crippen LogP contribution in [0.15, 0.2) is 52.1 Å². The van der Waals surface area contributed by atoms with Crippen LogP contribution >= 0.6 is 11.8 Å². The molecule has 0 saturated carbocycles.